The van der Waals surface area contributed by atoms with Gasteiger partial charge in [-0.25, -0.2) is 9.50 Å². The topological polar surface area (TPSA) is 80.9 Å². The molecule has 34 heavy (non-hydrogen) atoms. The SMILES string of the molecule is C=C(Cl)/C=N\C1=C(C)[C@@H](N[S@+]([O-])C(C)(C)C)C2(CCN(c3nc(C)c(Br)n4nccc34)CC2)C1. The Bertz CT molecular complexity index is 1160. The van der Waals surface area contributed by atoms with Crippen molar-refractivity contribution in [2.75, 3.05) is 18.0 Å². The van der Waals surface area contributed by atoms with Gasteiger partial charge in [0.05, 0.1) is 23.0 Å². The van der Waals surface area contributed by atoms with E-state index in [2.05, 4.69) is 49.1 Å². The second kappa shape index (κ2) is 9.58. The predicted octanol–water partition coefficient (Wildman–Crippen LogP) is 5.31. The maximum atomic E-state index is 13.1. The van der Waals surface area contributed by atoms with Gasteiger partial charge in [0.1, 0.15) is 14.9 Å². The van der Waals surface area contributed by atoms with Crippen molar-refractivity contribution >= 4 is 56.4 Å². The van der Waals surface area contributed by atoms with Gasteiger partial charge in [0.2, 0.25) is 0 Å². The number of halogens is 2. The molecule has 1 fully saturated rings. The summed E-state index contributed by atoms with van der Waals surface area (Å²) in [5.41, 5.74) is 3.97. The summed E-state index contributed by atoms with van der Waals surface area (Å²) in [4.78, 5) is 11.9. The molecule has 4 rings (SSSR count). The summed E-state index contributed by atoms with van der Waals surface area (Å²) < 4.78 is 19.0. The van der Waals surface area contributed by atoms with Crippen molar-refractivity contribution in [2.24, 2.45) is 10.4 Å². The van der Waals surface area contributed by atoms with Crippen LogP contribution in [0.15, 0.2) is 44.7 Å². The molecule has 10 heteroatoms. The number of aliphatic imine (C=N–C) groups is 1. The number of nitrogens with zero attached hydrogens (tertiary/aromatic N) is 5. The molecule has 1 spiro atoms. The molecule has 2 aliphatic rings. The van der Waals surface area contributed by atoms with Crippen LogP contribution in [-0.4, -0.2) is 49.2 Å². The summed E-state index contributed by atoms with van der Waals surface area (Å²) in [7, 11) is 0. The smallest absolute Gasteiger partial charge is 0.155 e. The van der Waals surface area contributed by atoms with Crippen molar-refractivity contribution in [3.8, 4) is 0 Å². The van der Waals surface area contributed by atoms with Gasteiger partial charge in [-0.2, -0.15) is 5.10 Å². The first-order chi connectivity index (χ1) is 15.9. The number of piperidine rings is 1. The maximum Gasteiger partial charge on any atom is 0.155 e. The van der Waals surface area contributed by atoms with Crippen molar-refractivity contribution in [3.63, 3.8) is 0 Å². The lowest BCUT2D eigenvalue weighted by Crippen LogP contribution is -2.54. The van der Waals surface area contributed by atoms with E-state index in [0.29, 0.717) is 5.03 Å². The highest BCUT2D eigenvalue weighted by Crippen LogP contribution is 2.50. The number of fused-ring (bicyclic) bond motifs is 1. The number of anilines is 1. The third kappa shape index (κ3) is 4.82. The van der Waals surface area contributed by atoms with Gasteiger partial charge in [0.15, 0.2) is 5.82 Å². The number of aromatic nitrogens is 3. The van der Waals surface area contributed by atoms with Crippen molar-refractivity contribution < 1.29 is 4.55 Å². The van der Waals surface area contributed by atoms with E-state index in [1.165, 1.54) is 0 Å². The van der Waals surface area contributed by atoms with Crippen LogP contribution >= 0.6 is 27.5 Å². The lowest BCUT2D eigenvalue weighted by Gasteiger charge is -2.44. The first-order valence-electron chi connectivity index (χ1n) is 11.4. The van der Waals surface area contributed by atoms with E-state index in [0.717, 1.165) is 65.3 Å². The van der Waals surface area contributed by atoms with Gasteiger partial charge in [0, 0.05) is 41.8 Å². The van der Waals surface area contributed by atoms with E-state index >= 15 is 0 Å². The average Bonchev–Trinajstić information content (AvgIpc) is 3.35. The van der Waals surface area contributed by atoms with Crippen LogP contribution in [0.3, 0.4) is 0 Å². The van der Waals surface area contributed by atoms with E-state index in [4.69, 9.17) is 16.6 Å². The molecule has 0 saturated carbocycles. The molecule has 0 amide bonds. The van der Waals surface area contributed by atoms with Crippen LogP contribution in [0.2, 0.25) is 0 Å². The molecule has 0 unspecified atom stereocenters. The van der Waals surface area contributed by atoms with Crippen LogP contribution in [-0.2, 0) is 11.4 Å². The van der Waals surface area contributed by atoms with Crippen molar-refractivity contribution in [2.45, 2.75) is 64.7 Å². The van der Waals surface area contributed by atoms with Gasteiger partial charge < -0.3 is 9.45 Å². The standard InChI is InChI=1S/C24H32BrClN6OS/c1-15(26)14-27-18-13-24(20(16(18)2)30-34(33)23(4,5)6)8-11-31(12-9-24)22-19-7-10-28-32(19)21(25)17(3)29-22/h7,10,14,20,30H,1,8-9,11-13H2,2-6H3/b27-14-/t20-,34-/m1/s1. The molecule has 2 aromatic rings. The summed E-state index contributed by atoms with van der Waals surface area (Å²) in [6, 6.07) is 1.99. The maximum absolute atomic E-state index is 13.1. The molecule has 1 aliphatic heterocycles. The molecular weight excluding hydrogens is 536 g/mol. The Morgan fingerprint density at radius 1 is 1.38 bits per heavy atom. The first kappa shape index (κ1) is 25.7. The highest BCUT2D eigenvalue weighted by atomic mass is 79.9. The van der Waals surface area contributed by atoms with Crippen LogP contribution < -0.4 is 9.62 Å². The van der Waals surface area contributed by atoms with Crippen molar-refractivity contribution in [1.82, 2.24) is 19.3 Å². The van der Waals surface area contributed by atoms with Gasteiger partial charge >= 0.3 is 0 Å². The number of nitrogens with one attached hydrogen (secondary N) is 1. The zero-order valence-corrected chi connectivity index (χ0v) is 23.5. The van der Waals surface area contributed by atoms with Crippen LogP contribution in [0.4, 0.5) is 5.82 Å². The molecule has 1 saturated heterocycles. The predicted molar refractivity (Wildman–Crippen MR) is 145 cm³/mol. The molecule has 184 valence electrons. The molecule has 2 aromatic heterocycles. The monoisotopic (exact) mass is 566 g/mol. The highest BCUT2D eigenvalue weighted by molar-refractivity contribution is 9.10. The molecule has 7 nitrogen and oxygen atoms in total. The lowest BCUT2D eigenvalue weighted by molar-refractivity contribution is 0.192. The molecule has 2 atom stereocenters. The number of hydrogen-bond acceptors (Lipinski definition) is 6. The van der Waals surface area contributed by atoms with Crippen LogP contribution in [0.25, 0.3) is 5.52 Å². The number of aryl methyl sites for hydroxylation is 1. The summed E-state index contributed by atoms with van der Waals surface area (Å²) in [5, 5.41) is 4.85. The number of rotatable bonds is 5. The van der Waals surface area contributed by atoms with Gasteiger partial charge in [-0.05, 0) is 81.5 Å². The number of allylic oxidation sites excluding steroid dienone is 2. The largest absolute Gasteiger partial charge is 0.598 e. The Morgan fingerprint density at radius 3 is 2.68 bits per heavy atom. The van der Waals surface area contributed by atoms with Crippen LogP contribution in [0.1, 0.15) is 52.7 Å². The molecule has 0 radical (unpaired) electrons. The first-order valence-corrected chi connectivity index (χ1v) is 13.8. The molecule has 3 heterocycles. The summed E-state index contributed by atoms with van der Waals surface area (Å²) >= 11 is 8.37. The molecule has 1 N–H and O–H groups in total. The Hall–Kier alpha value is -1.39. The third-order valence-electron chi connectivity index (χ3n) is 6.85. The fourth-order valence-electron chi connectivity index (χ4n) is 4.90. The fraction of sp³-hybridized carbons (Fsp3) is 0.542. The van der Waals surface area contributed by atoms with Crippen molar-refractivity contribution in [1.29, 1.82) is 0 Å². The quantitative estimate of drug-likeness (QED) is 0.391. The minimum atomic E-state index is -1.19. The minimum absolute atomic E-state index is 0.0138. The lowest BCUT2D eigenvalue weighted by atomic mass is 9.72. The number of hydrogen-bond donors (Lipinski definition) is 1. The molecular formula is C24H32BrClN6OS. The van der Waals surface area contributed by atoms with E-state index in [1.54, 1.807) is 12.4 Å². The van der Waals surface area contributed by atoms with E-state index in [9.17, 15) is 4.55 Å². The Kier molecular flexibility index (Phi) is 7.24. The van der Waals surface area contributed by atoms with Gasteiger partial charge in [-0.1, -0.05) is 18.2 Å². The van der Waals surface area contributed by atoms with Gasteiger partial charge in [-0.15, -0.1) is 4.72 Å². The Balaban J connectivity index is 1.62. The molecule has 0 bridgehead atoms. The van der Waals surface area contributed by atoms with Gasteiger partial charge in [-0.3, -0.25) is 4.99 Å². The summed E-state index contributed by atoms with van der Waals surface area (Å²) in [6.45, 7) is 15.5. The van der Waals surface area contributed by atoms with Gasteiger partial charge in [0.25, 0.3) is 0 Å². The van der Waals surface area contributed by atoms with Crippen molar-refractivity contribution in [3.05, 3.63) is 45.4 Å². The zero-order valence-electron chi connectivity index (χ0n) is 20.4. The normalized spacial score (nSPS) is 21.9. The average molecular weight is 568 g/mol. The second-order valence-corrected chi connectivity index (χ2v) is 13.5. The van der Waals surface area contributed by atoms with Crippen LogP contribution in [0, 0.1) is 12.3 Å². The van der Waals surface area contributed by atoms with Crippen LogP contribution in [0.5, 0.6) is 0 Å². The van der Waals surface area contributed by atoms with E-state index in [-0.39, 0.29) is 16.2 Å². The Labute approximate surface area is 218 Å². The Morgan fingerprint density at radius 2 is 2.06 bits per heavy atom. The molecule has 0 aromatic carbocycles. The third-order valence-corrected chi connectivity index (χ3v) is 9.42. The second-order valence-electron chi connectivity index (χ2n) is 10.2. The summed E-state index contributed by atoms with van der Waals surface area (Å²) in [5.74, 6) is 0.954. The summed E-state index contributed by atoms with van der Waals surface area (Å²) in [6.07, 6.45) is 6.10. The zero-order chi connectivity index (χ0) is 24.8. The minimum Gasteiger partial charge on any atom is -0.598 e. The van der Waals surface area contributed by atoms with E-state index < -0.39 is 11.4 Å². The van der Waals surface area contributed by atoms with E-state index in [1.807, 2.05) is 38.3 Å². The fourth-order valence-corrected chi connectivity index (χ4v) is 6.31. The highest BCUT2D eigenvalue weighted by Gasteiger charge is 2.50. The molecule has 1 aliphatic carbocycles.